The van der Waals surface area contributed by atoms with Gasteiger partial charge in [-0.25, -0.2) is 0 Å². The van der Waals surface area contributed by atoms with Gasteiger partial charge in [0.05, 0.1) is 32.9 Å². The zero-order chi connectivity index (χ0) is 22.1. The predicted molar refractivity (Wildman–Crippen MR) is 118 cm³/mol. The van der Waals surface area contributed by atoms with E-state index >= 15 is 0 Å². The summed E-state index contributed by atoms with van der Waals surface area (Å²) in [6, 6.07) is 9.64. The Kier molecular flexibility index (Phi) is 5.76. The van der Waals surface area contributed by atoms with Crippen molar-refractivity contribution in [1.82, 2.24) is 0 Å². The number of rotatable bonds is 5. The number of aryl methyl sites for hydroxylation is 2. The summed E-state index contributed by atoms with van der Waals surface area (Å²) in [4.78, 5) is 29.9. The molecule has 0 unspecified atom stereocenters. The topological polar surface area (TPSA) is 68.3 Å². The fourth-order valence-corrected chi connectivity index (χ4v) is 4.63. The molecule has 31 heavy (non-hydrogen) atoms. The molecule has 2 aromatic rings. The second-order valence-corrected chi connectivity index (χ2v) is 7.97. The number of carbonyl (C=O) groups excluding carboxylic acids is 2. The van der Waals surface area contributed by atoms with Crippen molar-refractivity contribution in [2.45, 2.75) is 26.2 Å². The van der Waals surface area contributed by atoms with E-state index in [-0.39, 0.29) is 18.2 Å². The van der Waals surface area contributed by atoms with E-state index < -0.39 is 5.92 Å². The molecule has 7 heteroatoms. The SMILES string of the molecule is COc1cc(N2C[C@H](C(=O)N3CCCc4cccc(C)c43)CC2=O)cc(OC)c1OC. The number of ether oxygens (including phenoxy) is 3. The maximum atomic E-state index is 13.5. The first kappa shape index (κ1) is 21.0. The van der Waals surface area contributed by atoms with E-state index in [0.29, 0.717) is 36.0 Å². The Morgan fingerprint density at radius 3 is 2.42 bits per heavy atom. The molecule has 2 aromatic carbocycles. The average Bonchev–Trinajstić information content (AvgIpc) is 3.18. The first-order valence-corrected chi connectivity index (χ1v) is 10.5. The Labute approximate surface area is 182 Å². The van der Waals surface area contributed by atoms with Gasteiger partial charge in [0.15, 0.2) is 11.5 Å². The number of hydrogen-bond acceptors (Lipinski definition) is 5. The van der Waals surface area contributed by atoms with Gasteiger partial charge < -0.3 is 24.0 Å². The normalized spacial score (nSPS) is 18.1. The van der Waals surface area contributed by atoms with Gasteiger partial charge in [0.2, 0.25) is 17.6 Å². The standard InChI is InChI=1S/C24H28N2O5/c1-15-7-5-8-16-9-6-10-25(22(15)16)24(28)17-11-21(27)26(14-17)18-12-19(29-2)23(31-4)20(13-18)30-3/h5,7-8,12-13,17H,6,9-11,14H2,1-4H3/t17-/m1/s1. The summed E-state index contributed by atoms with van der Waals surface area (Å²) < 4.78 is 16.2. The van der Waals surface area contributed by atoms with Crippen LogP contribution in [0.15, 0.2) is 30.3 Å². The summed E-state index contributed by atoms with van der Waals surface area (Å²) in [6.07, 6.45) is 2.09. The van der Waals surface area contributed by atoms with Crippen LogP contribution in [-0.4, -0.2) is 46.2 Å². The molecule has 1 fully saturated rings. The average molecular weight is 424 g/mol. The molecule has 2 aliphatic rings. The number of anilines is 2. The van der Waals surface area contributed by atoms with Crippen molar-refractivity contribution in [3.8, 4) is 17.2 Å². The Balaban J connectivity index is 1.61. The van der Waals surface area contributed by atoms with Gasteiger partial charge in [-0.3, -0.25) is 9.59 Å². The fraction of sp³-hybridized carbons (Fsp3) is 0.417. The summed E-state index contributed by atoms with van der Waals surface area (Å²) in [7, 11) is 4.61. The number of benzene rings is 2. The van der Waals surface area contributed by atoms with E-state index in [1.165, 1.54) is 26.9 Å². The van der Waals surface area contributed by atoms with Gasteiger partial charge in [0.1, 0.15) is 0 Å². The molecule has 2 amide bonds. The highest BCUT2D eigenvalue weighted by Gasteiger charge is 2.39. The van der Waals surface area contributed by atoms with Gasteiger partial charge in [-0.2, -0.15) is 0 Å². The minimum atomic E-state index is -0.392. The third-order valence-corrected chi connectivity index (χ3v) is 6.12. The van der Waals surface area contributed by atoms with Crippen molar-refractivity contribution in [3.05, 3.63) is 41.5 Å². The van der Waals surface area contributed by atoms with Crippen LogP contribution < -0.4 is 24.0 Å². The van der Waals surface area contributed by atoms with Crippen molar-refractivity contribution in [3.63, 3.8) is 0 Å². The number of carbonyl (C=O) groups is 2. The number of hydrogen-bond donors (Lipinski definition) is 0. The van der Waals surface area contributed by atoms with Crippen molar-refractivity contribution >= 4 is 23.2 Å². The summed E-state index contributed by atoms with van der Waals surface area (Å²) in [5, 5.41) is 0. The largest absolute Gasteiger partial charge is 0.493 e. The van der Waals surface area contributed by atoms with Gasteiger partial charge in [-0.05, 0) is 30.9 Å². The van der Waals surface area contributed by atoms with E-state index in [9.17, 15) is 9.59 Å². The van der Waals surface area contributed by atoms with E-state index in [1.807, 2.05) is 24.0 Å². The summed E-state index contributed by atoms with van der Waals surface area (Å²) in [5.41, 5.74) is 3.93. The van der Waals surface area contributed by atoms with Gasteiger partial charge in [0, 0.05) is 37.3 Å². The number of nitrogens with zero attached hydrogens (tertiary/aromatic N) is 2. The minimum Gasteiger partial charge on any atom is -0.493 e. The van der Waals surface area contributed by atoms with Crippen molar-refractivity contribution in [2.24, 2.45) is 5.92 Å². The molecule has 2 heterocycles. The van der Waals surface area contributed by atoms with Crippen LogP contribution in [-0.2, 0) is 16.0 Å². The molecule has 1 saturated heterocycles. The first-order valence-electron chi connectivity index (χ1n) is 10.5. The predicted octanol–water partition coefficient (Wildman–Crippen LogP) is 3.35. The molecule has 7 nitrogen and oxygen atoms in total. The minimum absolute atomic E-state index is 0.0125. The molecule has 0 aliphatic carbocycles. The zero-order valence-electron chi connectivity index (χ0n) is 18.4. The lowest BCUT2D eigenvalue weighted by Crippen LogP contribution is -2.41. The lowest BCUT2D eigenvalue weighted by Gasteiger charge is -2.32. The van der Waals surface area contributed by atoms with Crippen LogP contribution in [0, 0.1) is 12.8 Å². The summed E-state index contributed by atoms with van der Waals surface area (Å²) >= 11 is 0. The molecule has 0 saturated carbocycles. The van der Waals surface area contributed by atoms with Crippen LogP contribution in [0.4, 0.5) is 11.4 Å². The van der Waals surface area contributed by atoms with Crippen molar-refractivity contribution in [1.29, 1.82) is 0 Å². The second kappa shape index (κ2) is 8.49. The molecule has 2 aliphatic heterocycles. The highest BCUT2D eigenvalue weighted by molar-refractivity contribution is 6.05. The van der Waals surface area contributed by atoms with E-state index in [2.05, 4.69) is 6.07 Å². The Morgan fingerprint density at radius 1 is 1.06 bits per heavy atom. The quantitative estimate of drug-likeness (QED) is 0.736. The highest BCUT2D eigenvalue weighted by atomic mass is 16.5. The van der Waals surface area contributed by atoms with Gasteiger partial charge in [0.25, 0.3) is 0 Å². The molecular weight excluding hydrogens is 396 g/mol. The molecular formula is C24H28N2O5. The third-order valence-electron chi connectivity index (χ3n) is 6.12. The lowest BCUT2D eigenvalue weighted by atomic mass is 9.96. The van der Waals surface area contributed by atoms with Gasteiger partial charge >= 0.3 is 0 Å². The number of methoxy groups -OCH3 is 3. The fourth-order valence-electron chi connectivity index (χ4n) is 4.63. The number of amides is 2. The van der Waals surface area contributed by atoms with Gasteiger partial charge in [-0.15, -0.1) is 0 Å². The van der Waals surface area contributed by atoms with Crippen LogP contribution in [0.5, 0.6) is 17.2 Å². The first-order chi connectivity index (χ1) is 15.0. The molecule has 0 bridgehead atoms. The van der Waals surface area contributed by atoms with E-state index in [0.717, 1.165) is 24.1 Å². The monoisotopic (exact) mass is 424 g/mol. The second-order valence-electron chi connectivity index (χ2n) is 7.97. The van der Waals surface area contributed by atoms with Crippen LogP contribution in [0.3, 0.4) is 0 Å². The molecule has 4 rings (SSSR count). The zero-order valence-corrected chi connectivity index (χ0v) is 18.4. The Morgan fingerprint density at radius 2 is 1.77 bits per heavy atom. The van der Waals surface area contributed by atoms with Crippen LogP contribution in [0.1, 0.15) is 24.0 Å². The number of fused-ring (bicyclic) bond motifs is 1. The third kappa shape index (κ3) is 3.69. The van der Waals surface area contributed by atoms with Crippen LogP contribution in [0.25, 0.3) is 0 Å². The lowest BCUT2D eigenvalue weighted by molar-refractivity contribution is -0.124. The molecule has 0 radical (unpaired) electrons. The van der Waals surface area contributed by atoms with Crippen LogP contribution in [0.2, 0.25) is 0 Å². The maximum Gasteiger partial charge on any atom is 0.232 e. The smallest absolute Gasteiger partial charge is 0.232 e. The van der Waals surface area contributed by atoms with Gasteiger partial charge in [-0.1, -0.05) is 18.2 Å². The van der Waals surface area contributed by atoms with E-state index in [1.54, 1.807) is 17.0 Å². The molecule has 164 valence electrons. The molecule has 1 atom stereocenters. The Bertz CT molecular complexity index is 994. The van der Waals surface area contributed by atoms with Crippen molar-refractivity contribution in [2.75, 3.05) is 44.2 Å². The maximum absolute atomic E-state index is 13.5. The molecule has 0 aromatic heterocycles. The summed E-state index contributed by atoms with van der Waals surface area (Å²) in [6.45, 7) is 3.05. The Hall–Kier alpha value is -3.22. The summed E-state index contributed by atoms with van der Waals surface area (Å²) in [5.74, 6) is 0.943. The molecule has 0 spiro atoms. The van der Waals surface area contributed by atoms with Crippen molar-refractivity contribution < 1.29 is 23.8 Å². The number of para-hydroxylation sites is 1. The molecule has 0 N–H and O–H groups in total. The highest BCUT2D eigenvalue weighted by Crippen LogP contribution is 2.42. The van der Waals surface area contributed by atoms with Crippen LogP contribution >= 0.6 is 0 Å². The van der Waals surface area contributed by atoms with E-state index in [4.69, 9.17) is 14.2 Å².